The molecule has 0 amide bonds. The van der Waals surface area contributed by atoms with Gasteiger partial charge in [-0.05, 0) is 67.4 Å². The van der Waals surface area contributed by atoms with Crippen LogP contribution in [0.2, 0.25) is 0 Å². The van der Waals surface area contributed by atoms with E-state index in [1.54, 1.807) is 16.8 Å². The van der Waals surface area contributed by atoms with Gasteiger partial charge in [-0.1, -0.05) is 12.2 Å². The van der Waals surface area contributed by atoms with Crippen LogP contribution in [-0.4, -0.2) is 33.4 Å². The summed E-state index contributed by atoms with van der Waals surface area (Å²) in [5.74, 6) is 0. The van der Waals surface area contributed by atoms with Gasteiger partial charge in [0, 0.05) is 45.0 Å². The smallest absolute Gasteiger partial charge is 0.0432 e. The van der Waals surface area contributed by atoms with Gasteiger partial charge < -0.3 is 20.9 Å². The predicted octanol–water partition coefficient (Wildman–Crippen LogP) is 3.74. The summed E-state index contributed by atoms with van der Waals surface area (Å²) >= 11 is 0. The molecule has 3 rings (SSSR count). The Labute approximate surface area is 146 Å². The van der Waals surface area contributed by atoms with Crippen LogP contribution >= 0.6 is 0 Å². The molecular weight excluding hydrogens is 296 g/mol. The second kappa shape index (κ2) is 9.81. The standard InChI is InChI=1S/C13H18N2.C7H12N2/c1-14-12-8-10-4-2-6-15-7-3-5-11(9-12)13(10)15;1-9-7-5-3-2-4-6-8/h8-9,14H,2-7H2,1H3;2-3,5-9H,4H2,1H3/b;3-2-,7-5-,8-6?. The lowest BCUT2D eigenvalue weighted by atomic mass is 9.91. The molecule has 0 unspecified atom stereocenters. The maximum absolute atomic E-state index is 6.67. The molecule has 3 N–H and O–H groups in total. The van der Waals surface area contributed by atoms with Crippen molar-refractivity contribution in [3.63, 3.8) is 0 Å². The van der Waals surface area contributed by atoms with Crippen molar-refractivity contribution in [2.24, 2.45) is 0 Å². The summed E-state index contributed by atoms with van der Waals surface area (Å²) in [4.78, 5) is 2.58. The Bertz CT molecular complexity index is 558. The first-order valence-electron chi connectivity index (χ1n) is 8.86. The Balaban J connectivity index is 0.000000202. The zero-order valence-corrected chi connectivity index (χ0v) is 14.9. The van der Waals surface area contributed by atoms with Gasteiger partial charge in [-0.15, -0.1) is 0 Å². The zero-order chi connectivity index (χ0) is 17.2. The lowest BCUT2D eigenvalue weighted by Gasteiger charge is -2.37. The number of hydrogen-bond acceptors (Lipinski definition) is 4. The second-order valence-electron chi connectivity index (χ2n) is 6.10. The van der Waals surface area contributed by atoms with Crippen LogP contribution in [0.4, 0.5) is 11.4 Å². The summed E-state index contributed by atoms with van der Waals surface area (Å²) in [6, 6.07) is 4.66. The van der Waals surface area contributed by atoms with E-state index in [1.807, 2.05) is 38.5 Å². The van der Waals surface area contributed by atoms with Crippen molar-refractivity contribution in [2.75, 3.05) is 37.4 Å². The molecule has 24 heavy (non-hydrogen) atoms. The molecule has 0 saturated heterocycles. The van der Waals surface area contributed by atoms with E-state index < -0.39 is 0 Å². The molecule has 0 atom stereocenters. The van der Waals surface area contributed by atoms with E-state index >= 15 is 0 Å². The van der Waals surface area contributed by atoms with E-state index in [-0.39, 0.29) is 0 Å². The third-order valence-corrected chi connectivity index (χ3v) is 4.39. The van der Waals surface area contributed by atoms with Crippen LogP contribution in [0.5, 0.6) is 0 Å². The molecule has 0 saturated carbocycles. The van der Waals surface area contributed by atoms with Gasteiger partial charge in [0.25, 0.3) is 0 Å². The summed E-state index contributed by atoms with van der Waals surface area (Å²) in [6.45, 7) is 2.53. The van der Waals surface area contributed by atoms with Crippen LogP contribution in [0.25, 0.3) is 0 Å². The van der Waals surface area contributed by atoms with Gasteiger partial charge in [0.2, 0.25) is 0 Å². The minimum Gasteiger partial charge on any atom is -0.394 e. The fourth-order valence-corrected chi connectivity index (χ4v) is 3.32. The average molecular weight is 326 g/mol. The SMILES string of the molecule is CN/C=C\C=C/CC=N.CNc1cc2c3c(c1)CCCN3CCC2. The number of rotatable bonds is 5. The van der Waals surface area contributed by atoms with Gasteiger partial charge in [0.1, 0.15) is 0 Å². The molecule has 0 aromatic heterocycles. The molecule has 0 radical (unpaired) electrons. The molecule has 2 aliphatic heterocycles. The summed E-state index contributed by atoms with van der Waals surface area (Å²) in [5.41, 5.74) is 5.96. The van der Waals surface area contributed by atoms with E-state index in [0.29, 0.717) is 6.42 Å². The molecule has 1 aromatic carbocycles. The van der Waals surface area contributed by atoms with E-state index in [0.717, 1.165) is 0 Å². The molecule has 2 aliphatic rings. The lowest BCUT2D eigenvalue weighted by Crippen LogP contribution is -2.34. The van der Waals surface area contributed by atoms with Crippen LogP contribution in [0.1, 0.15) is 30.4 Å². The first kappa shape index (κ1) is 18.1. The quantitative estimate of drug-likeness (QED) is 0.571. The third kappa shape index (κ3) is 4.88. The number of aryl methyl sites for hydroxylation is 2. The van der Waals surface area contributed by atoms with Crippen molar-refractivity contribution in [2.45, 2.75) is 32.1 Å². The summed E-state index contributed by atoms with van der Waals surface area (Å²) < 4.78 is 0. The van der Waals surface area contributed by atoms with Crippen LogP contribution in [0.15, 0.2) is 36.6 Å². The molecule has 4 nitrogen and oxygen atoms in total. The van der Waals surface area contributed by atoms with Gasteiger partial charge >= 0.3 is 0 Å². The maximum Gasteiger partial charge on any atom is 0.0432 e. The second-order valence-corrected chi connectivity index (χ2v) is 6.10. The highest BCUT2D eigenvalue weighted by Crippen LogP contribution is 2.37. The number of nitrogens with zero attached hydrogens (tertiary/aromatic N) is 1. The van der Waals surface area contributed by atoms with Gasteiger partial charge in [-0.25, -0.2) is 0 Å². The fourth-order valence-electron chi connectivity index (χ4n) is 3.32. The van der Waals surface area contributed by atoms with E-state index in [1.165, 1.54) is 50.7 Å². The van der Waals surface area contributed by atoms with Gasteiger partial charge in [0.15, 0.2) is 0 Å². The molecule has 1 aromatic rings. The number of benzene rings is 1. The van der Waals surface area contributed by atoms with Crippen LogP contribution in [0, 0.1) is 5.41 Å². The largest absolute Gasteiger partial charge is 0.394 e. The highest BCUT2D eigenvalue weighted by atomic mass is 15.1. The third-order valence-electron chi connectivity index (χ3n) is 4.39. The van der Waals surface area contributed by atoms with Gasteiger partial charge in [-0.2, -0.15) is 0 Å². The van der Waals surface area contributed by atoms with Crippen molar-refractivity contribution in [3.8, 4) is 0 Å². The molecule has 0 aliphatic carbocycles. The Morgan fingerprint density at radius 2 is 1.75 bits per heavy atom. The maximum atomic E-state index is 6.67. The fraction of sp³-hybridized carbons (Fsp3) is 0.450. The van der Waals surface area contributed by atoms with Gasteiger partial charge in [-0.3, -0.25) is 0 Å². The van der Waals surface area contributed by atoms with E-state index in [4.69, 9.17) is 5.41 Å². The van der Waals surface area contributed by atoms with Crippen molar-refractivity contribution in [3.05, 3.63) is 47.7 Å². The van der Waals surface area contributed by atoms with Crippen LogP contribution in [-0.2, 0) is 12.8 Å². The first-order valence-corrected chi connectivity index (χ1v) is 8.86. The summed E-state index contributed by atoms with van der Waals surface area (Å²) in [6.07, 6.45) is 14.8. The molecule has 0 bridgehead atoms. The molecule has 130 valence electrons. The van der Waals surface area contributed by atoms with E-state index in [9.17, 15) is 0 Å². The first-order chi connectivity index (χ1) is 11.8. The highest BCUT2D eigenvalue weighted by Gasteiger charge is 2.23. The molecule has 4 heteroatoms. The van der Waals surface area contributed by atoms with Crippen LogP contribution < -0.4 is 15.5 Å². The predicted molar refractivity (Wildman–Crippen MR) is 106 cm³/mol. The average Bonchev–Trinajstić information content (AvgIpc) is 2.62. The molecular formula is C20H30N4. The minimum atomic E-state index is 0.716. The Hall–Kier alpha value is -2.23. The van der Waals surface area contributed by atoms with Gasteiger partial charge in [0.05, 0.1) is 0 Å². The number of allylic oxidation sites excluding steroid dienone is 3. The topological polar surface area (TPSA) is 51.2 Å². The van der Waals surface area contributed by atoms with Crippen molar-refractivity contribution >= 4 is 17.6 Å². The number of nitrogens with one attached hydrogen (secondary N) is 3. The van der Waals surface area contributed by atoms with Crippen molar-refractivity contribution in [1.29, 1.82) is 5.41 Å². The molecule has 2 heterocycles. The molecule has 0 spiro atoms. The summed E-state index contributed by atoms with van der Waals surface area (Å²) in [5, 5.41) is 12.8. The van der Waals surface area contributed by atoms with Crippen molar-refractivity contribution < 1.29 is 0 Å². The number of hydrogen-bond donors (Lipinski definition) is 3. The summed E-state index contributed by atoms with van der Waals surface area (Å²) in [7, 11) is 3.86. The lowest BCUT2D eigenvalue weighted by molar-refractivity contribution is 0.634. The van der Waals surface area contributed by atoms with Crippen molar-refractivity contribution in [1.82, 2.24) is 5.32 Å². The van der Waals surface area contributed by atoms with E-state index in [2.05, 4.69) is 27.7 Å². The Morgan fingerprint density at radius 3 is 2.29 bits per heavy atom. The highest BCUT2D eigenvalue weighted by molar-refractivity contribution is 5.68. The Morgan fingerprint density at radius 1 is 1.08 bits per heavy atom. The minimum absolute atomic E-state index is 0.716. The number of anilines is 2. The Kier molecular flexibility index (Phi) is 7.40. The molecule has 0 fully saturated rings. The normalized spacial score (nSPS) is 15.7. The monoisotopic (exact) mass is 326 g/mol. The zero-order valence-electron chi connectivity index (χ0n) is 14.9. The van der Waals surface area contributed by atoms with Crippen LogP contribution in [0.3, 0.4) is 0 Å².